The molecule has 3 fully saturated rings. The molecule has 0 N–H and O–H groups in total. The maximum atomic E-state index is 13.7. The van der Waals surface area contributed by atoms with Crippen LogP contribution >= 0.6 is 23.2 Å². The molecule has 3 atom stereocenters. The Balaban J connectivity index is 1.28. The highest BCUT2D eigenvalue weighted by atomic mass is 35.5. The Morgan fingerprint density at radius 1 is 1.19 bits per heavy atom. The van der Waals surface area contributed by atoms with Crippen molar-refractivity contribution < 1.29 is 27.5 Å². The maximum Gasteiger partial charge on any atom is 0.395 e. The molecule has 0 aliphatic carbocycles. The summed E-state index contributed by atoms with van der Waals surface area (Å²) >= 11 is 11.8. The number of hydrogen-bond donors (Lipinski definition) is 0. The fraction of sp³-hybridized carbons (Fsp3) is 0.636. The van der Waals surface area contributed by atoms with Crippen LogP contribution in [-0.4, -0.2) is 66.7 Å². The predicted molar refractivity (Wildman–Crippen MR) is 114 cm³/mol. The first kappa shape index (κ1) is 23.6. The highest BCUT2D eigenvalue weighted by Crippen LogP contribution is 2.43. The molecule has 1 aromatic rings. The molecule has 0 bridgehead atoms. The zero-order chi connectivity index (χ0) is 23.0. The van der Waals surface area contributed by atoms with Crippen molar-refractivity contribution in [2.45, 2.75) is 43.9 Å². The van der Waals surface area contributed by atoms with E-state index in [2.05, 4.69) is 0 Å². The SMILES string of the molecule is O=C1CO[C@H]2CCN(C(=O)N3CC(CCC(c4ccc(Cl)cc4Cl)C(F)(F)F)C3)C[C@H]2C1. The van der Waals surface area contributed by atoms with Crippen molar-refractivity contribution in [2.24, 2.45) is 11.8 Å². The predicted octanol–water partition coefficient (Wildman–Crippen LogP) is 5.15. The molecule has 3 aliphatic heterocycles. The van der Waals surface area contributed by atoms with Gasteiger partial charge in [-0.3, -0.25) is 4.79 Å². The quantitative estimate of drug-likeness (QED) is 0.583. The minimum atomic E-state index is -4.42. The van der Waals surface area contributed by atoms with Crippen LogP contribution < -0.4 is 0 Å². The van der Waals surface area contributed by atoms with Gasteiger partial charge in [-0.2, -0.15) is 13.2 Å². The summed E-state index contributed by atoms with van der Waals surface area (Å²) in [6.07, 6.45) is -3.00. The van der Waals surface area contributed by atoms with Gasteiger partial charge in [-0.1, -0.05) is 29.3 Å². The lowest BCUT2D eigenvalue weighted by Crippen LogP contribution is -2.58. The molecule has 32 heavy (non-hydrogen) atoms. The lowest BCUT2D eigenvalue weighted by Gasteiger charge is -2.46. The van der Waals surface area contributed by atoms with Crippen LogP contribution in [0.1, 0.15) is 37.2 Å². The molecule has 0 radical (unpaired) electrons. The van der Waals surface area contributed by atoms with Gasteiger partial charge in [0.05, 0.1) is 12.0 Å². The smallest absolute Gasteiger partial charge is 0.370 e. The fourth-order valence-corrected chi connectivity index (χ4v) is 5.48. The summed E-state index contributed by atoms with van der Waals surface area (Å²) in [5.74, 6) is -1.56. The fourth-order valence-electron chi connectivity index (χ4n) is 4.94. The number of likely N-dealkylation sites (tertiary alicyclic amines) is 2. The highest BCUT2D eigenvalue weighted by molar-refractivity contribution is 6.35. The van der Waals surface area contributed by atoms with Crippen LogP contribution in [0.3, 0.4) is 0 Å². The van der Waals surface area contributed by atoms with Crippen LogP contribution in [0.15, 0.2) is 18.2 Å². The van der Waals surface area contributed by atoms with Crippen molar-refractivity contribution in [3.63, 3.8) is 0 Å². The van der Waals surface area contributed by atoms with Crippen LogP contribution in [-0.2, 0) is 9.53 Å². The van der Waals surface area contributed by atoms with Gasteiger partial charge in [0.1, 0.15) is 6.61 Å². The van der Waals surface area contributed by atoms with Crippen molar-refractivity contribution in [1.29, 1.82) is 0 Å². The monoisotopic (exact) mass is 492 g/mol. The van der Waals surface area contributed by atoms with Gasteiger partial charge in [0.2, 0.25) is 0 Å². The minimum Gasteiger partial charge on any atom is -0.370 e. The molecule has 176 valence electrons. The summed E-state index contributed by atoms with van der Waals surface area (Å²) in [7, 11) is 0. The average Bonchev–Trinajstić information content (AvgIpc) is 2.68. The van der Waals surface area contributed by atoms with Crippen molar-refractivity contribution in [3.05, 3.63) is 33.8 Å². The van der Waals surface area contributed by atoms with E-state index >= 15 is 0 Å². The van der Waals surface area contributed by atoms with E-state index in [0.29, 0.717) is 50.5 Å². The minimum absolute atomic E-state index is 0.0128. The summed E-state index contributed by atoms with van der Waals surface area (Å²) in [5.41, 5.74) is 0.0305. The summed E-state index contributed by atoms with van der Waals surface area (Å²) in [6.45, 7) is 2.10. The van der Waals surface area contributed by atoms with Gasteiger partial charge < -0.3 is 14.5 Å². The molecule has 2 amide bonds. The lowest BCUT2D eigenvalue weighted by molar-refractivity contribution is -0.153. The third kappa shape index (κ3) is 5.18. The molecule has 0 saturated carbocycles. The number of ether oxygens (including phenoxy) is 1. The molecule has 4 rings (SSSR count). The number of halogens is 5. The van der Waals surface area contributed by atoms with E-state index in [4.69, 9.17) is 27.9 Å². The molecule has 3 aliphatic rings. The first-order chi connectivity index (χ1) is 15.1. The number of Topliss-reactive ketones (excluding diaryl/α,β-unsaturated/α-hetero) is 1. The van der Waals surface area contributed by atoms with Gasteiger partial charge in [0.15, 0.2) is 5.78 Å². The van der Waals surface area contributed by atoms with Crippen molar-refractivity contribution in [3.8, 4) is 0 Å². The van der Waals surface area contributed by atoms with Crippen molar-refractivity contribution >= 4 is 35.0 Å². The molecule has 0 spiro atoms. The number of rotatable bonds is 4. The molecule has 1 unspecified atom stereocenters. The zero-order valence-electron chi connectivity index (χ0n) is 17.4. The maximum absolute atomic E-state index is 13.7. The van der Waals surface area contributed by atoms with Crippen LogP contribution in [0.5, 0.6) is 0 Å². The standard InChI is InChI=1S/C22H25Cl2F3N2O3/c23-15-2-3-17(19(24)8-15)18(22(25,26)27)4-1-13-9-29(10-13)21(31)28-6-5-20-14(11-28)7-16(30)12-32-20/h2-3,8,13-14,18,20H,1,4-7,9-12H2/t14-,18?,20+/m1/s1. The second-order valence-electron chi connectivity index (χ2n) is 8.98. The van der Waals surface area contributed by atoms with Gasteiger partial charge in [0, 0.05) is 48.6 Å². The van der Waals surface area contributed by atoms with Crippen molar-refractivity contribution in [1.82, 2.24) is 9.80 Å². The second-order valence-corrected chi connectivity index (χ2v) is 9.82. The number of carbonyl (C=O) groups excluding carboxylic acids is 2. The summed E-state index contributed by atoms with van der Waals surface area (Å²) in [4.78, 5) is 27.9. The van der Waals surface area contributed by atoms with E-state index < -0.39 is 12.1 Å². The number of fused-ring (bicyclic) bond motifs is 1. The van der Waals surface area contributed by atoms with Crippen LogP contribution in [0.25, 0.3) is 0 Å². The molecule has 5 nitrogen and oxygen atoms in total. The Morgan fingerprint density at radius 2 is 1.94 bits per heavy atom. The number of benzene rings is 1. The normalized spacial score (nSPS) is 25.3. The van der Waals surface area contributed by atoms with Gasteiger partial charge in [0.25, 0.3) is 0 Å². The molecule has 3 heterocycles. The molecule has 10 heteroatoms. The van der Waals surface area contributed by atoms with Gasteiger partial charge in [-0.05, 0) is 42.9 Å². The topological polar surface area (TPSA) is 49.9 Å². The number of amides is 2. The zero-order valence-corrected chi connectivity index (χ0v) is 18.9. The molecular weight excluding hydrogens is 468 g/mol. The third-order valence-corrected chi connectivity index (χ3v) is 7.27. The second kappa shape index (κ2) is 9.39. The van der Waals surface area contributed by atoms with E-state index in [0.717, 1.165) is 0 Å². The number of nitrogens with zero attached hydrogens (tertiary/aromatic N) is 2. The van der Waals surface area contributed by atoms with Crippen LogP contribution in [0.2, 0.25) is 10.0 Å². The average molecular weight is 493 g/mol. The molecule has 0 aromatic heterocycles. The Kier molecular flexibility index (Phi) is 6.94. The number of alkyl halides is 3. The Hall–Kier alpha value is -1.51. The first-order valence-corrected chi connectivity index (χ1v) is 11.6. The molecule has 1 aromatic carbocycles. The van der Waals surface area contributed by atoms with Gasteiger partial charge >= 0.3 is 12.2 Å². The van der Waals surface area contributed by atoms with E-state index in [1.165, 1.54) is 18.2 Å². The molecule has 3 saturated heterocycles. The Morgan fingerprint density at radius 3 is 2.62 bits per heavy atom. The number of hydrogen-bond acceptors (Lipinski definition) is 3. The number of urea groups is 1. The number of ketones is 1. The summed E-state index contributed by atoms with van der Waals surface area (Å²) in [6, 6.07) is 3.97. The Bertz CT molecular complexity index is 876. The van der Waals surface area contributed by atoms with Crippen LogP contribution in [0.4, 0.5) is 18.0 Å². The summed E-state index contributed by atoms with van der Waals surface area (Å²) < 4.78 is 46.6. The Labute approximate surface area is 194 Å². The van der Waals surface area contributed by atoms with E-state index in [1.54, 1.807) is 9.80 Å². The van der Waals surface area contributed by atoms with Crippen LogP contribution in [0, 0.1) is 11.8 Å². The van der Waals surface area contributed by atoms with E-state index in [1.807, 2.05) is 0 Å². The number of carbonyl (C=O) groups is 2. The number of piperidine rings is 1. The largest absolute Gasteiger partial charge is 0.395 e. The van der Waals surface area contributed by atoms with E-state index in [9.17, 15) is 22.8 Å². The highest BCUT2D eigenvalue weighted by Gasteiger charge is 2.44. The van der Waals surface area contributed by atoms with Gasteiger partial charge in [-0.25, -0.2) is 4.79 Å². The van der Waals surface area contributed by atoms with Gasteiger partial charge in [-0.15, -0.1) is 0 Å². The summed E-state index contributed by atoms with van der Waals surface area (Å²) in [5, 5.41) is 0.305. The van der Waals surface area contributed by atoms with Crippen molar-refractivity contribution in [2.75, 3.05) is 32.8 Å². The molecular formula is C22H25Cl2F3N2O3. The first-order valence-electron chi connectivity index (χ1n) is 10.8. The van der Waals surface area contributed by atoms with E-state index in [-0.39, 0.29) is 53.4 Å². The third-order valence-electron chi connectivity index (χ3n) is 6.71. The lowest BCUT2D eigenvalue weighted by atomic mass is 9.86.